The third-order valence-corrected chi connectivity index (χ3v) is 4.07. The van der Waals surface area contributed by atoms with Gasteiger partial charge in [-0.1, -0.05) is 50.3 Å². The first-order chi connectivity index (χ1) is 11.2. The lowest BCUT2D eigenvalue weighted by molar-refractivity contribution is 0.222. The first-order valence-corrected chi connectivity index (χ1v) is 8.48. The summed E-state index contributed by atoms with van der Waals surface area (Å²) in [4.78, 5) is 24.1. The number of aryl methyl sites for hydroxylation is 1. The molecule has 0 amide bonds. The number of fused-ring (bicyclic) bond motifs is 1. The molecule has 1 aromatic heterocycles. The summed E-state index contributed by atoms with van der Waals surface area (Å²) in [6, 6.07) is 6.80. The number of hydrogen-bond donors (Lipinski definition) is 0. The molecule has 0 unspecified atom stereocenters. The van der Waals surface area contributed by atoms with Crippen molar-refractivity contribution in [1.82, 2.24) is 4.74 Å². The summed E-state index contributed by atoms with van der Waals surface area (Å²) in [5.41, 5.74) is -0.660. The highest BCUT2D eigenvalue weighted by Crippen LogP contribution is 2.09. The molecule has 2 rings (SSSR count). The minimum Gasteiger partial charge on any atom is -0.332 e. The van der Waals surface area contributed by atoms with Crippen LogP contribution in [-0.2, 0) is 6.54 Å². The first-order valence-electron chi connectivity index (χ1n) is 8.48. The van der Waals surface area contributed by atoms with E-state index in [9.17, 15) is 9.59 Å². The predicted octanol–water partition coefficient (Wildman–Crippen LogP) is 4.26. The highest BCUT2D eigenvalue weighted by atomic mass is 16.5. The molecule has 23 heavy (non-hydrogen) atoms. The van der Waals surface area contributed by atoms with Gasteiger partial charge in [0.2, 0.25) is 0 Å². The van der Waals surface area contributed by atoms with Crippen LogP contribution < -0.4 is 11.2 Å². The van der Waals surface area contributed by atoms with Gasteiger partial charge in [0.05, 0.1) is 17.3 Å². The van der Waals surface area contributed by atoms with Crippen molar-refractivity contribution in [2.24, 2.45) is 0 Å². The normalized spacial score (nSPS) is 11.0. The summed E-state index contributed by atoms with van der Waals surface area (Å²) < 4.78 is 6.34. The van der Waals surface area contributed by atoms with Gasteiger partial charge in [-0.2, -0.15) is 4.74 Å². The van der Waals surface area contributed by atoms with Gasteiger partial charge in [0.15, 0.2) is 0 Å². The number of aromatic nitrogens is 1. The second kappa shape index (κ2) is 9.13. The molecule has 0 saturated carbocycles. The van der Waals surface area contributed by atoms with E-state index in [2.05, 4.69) is 6.58 Å². The Labute approximate surface area is 136 Å². The van der Waals surface area contributed by atoms with Crippen molar-refractivity contribution >= 4 is 10.8 Å². The molecule has 2 aromatic rings. The summed E-state index contributed by atoms with van der Waals surface area (Å²) in [5.74, 6) is 0. The molecule has 0 aliphatic carbocycles. The monoisotopic (exact) mass is 315 g/mol. The van der Waals surface area contributed by atoms with Crippen LogP contribution in [0, 0.1) is 0 Å². The fourth-order valence-corrected chi connectivity index (χ4v) is 2.75. The van der Waals surface area contributed by atoms with Crippen LogP contribution in [0.2, 0.25) is 0 Å². The second-order valence-electron chi connectivity index (χ2n) is 5.88. The SMILES string of the molecule is C=CCCCCCCCCCn1oc(=O)c2ccccc2c1=O. The highest BCUT2D eigenvalue weighted by molar-refractivity contribution is 5.79. The predicted molar refractivity (Wildman–Crippen MR) is 93.9 cm³/mol. The third-order valence-electron chi connectivity index (χ3n) is 4.07. The van der Waals surface area contributed by atoms with Crippen molar-refractivity contribution in [3.8, 4) is 0 Å². The number of rotatable bonds is 10. The van der Waals surface area contributed by atoms with Crippen LogP contribution in [-0.4, -0.2) is 4.74 Å². The van der Waals surface area contributed by atoms with Crippen molar-refractivity contribution in [2.45, 2.75) is 57.9 Å². The highest BCUT2D eigenvalue weighted by Gasteiger charge is 2.08. The third kappa shape index (κ3) is 4.95. The number of unbranched alkanes of at least 4 members (excludes halogenated alkanes) is 7. The van der Waals surface area contributed by atoms with Gasteiger partial charge in [-0.3, -0.25) is 4.79 Å². The van der Waals surface area contributed by atoms with Crippen molar-refractivity contribution in [3.63, 3.8) is 0 Å². The average Bonchev–Trinajstić information content (AvgIpc) is 2.57. The standard InChI is InChI=1S/C19H25NO3/c1-2-3-4-5-6-7-8-9-12-15-20-18(21)16-13-10-11-14-17(16)19(22)23-20/h2,10-11,13-14H,1,3-9,12,15H2. The Morgan fingerprint density at radius 1 is 0.913 bits per heavy atom. The van der Waals surface area contributed by atoms with Crippen molar-refractivity contribution in [1.29, 1.82) is 0 Å². The fraction of sp³-hybridized carbons (Fsp3) is 0.474. The van der Waals surface area contributed by atoms with Gasteiger partial charge >= 0.3 is 5.63 Å². The topological polar surface area (TPSA) is 52.2 Å². The van der Waals surface area contributed by atoms with E-state index in [1.165, 1.54) is 30.4 Å². The zero-order valence-electron chi connectivity index (χ0n) is 13.6. The van der Waals surface area contributed by atoms with Crippen molar-refractivity contribution in [3.05, 3.63) is 57.7 Å². The largest absolute Gasteiger partial charge is 0.364 e. The maximum atomic E-state index is 12.3. The summed E-state index contributed by atoms with van der Waals surface area (Å²) in [7, 11) is 0. The zero-order valence-corrected chi connectivity index (χ0v) is 13.6. The van der Waals surface area contributed by atoms with E-state index in [1.54, 1.807) is 24.3 Å². The van der Waals surface area contributed by atoms with Gasteiger partial charge in [0.25, 0.3) is 5.56 Å². The average molecular weight is 315 g/mol. The Morgan fingerprint density at radius 2 is 1.52 bits per heavy atom. The minimum absolute atomic E-state index is 0.218. The molecule has 0 spiro atoms. The maximum Gasteiger partial charge on any atom is 0.364 e. The molecule has 0 aliphatic rings. The number of benzene rings is 1. The molecule has 0 fully saturated rings. The molecule has 0 atom stereocenters. The van der Waals surface area contributed by atoms with Crippen molar-refractivity contribution in [2.75, 3.05) is 0 Å². The maximum absolute atomic E-state index is 12.3. The lowest BCUT2D eigenvalue weighted by Gasteiger charge is -2.05. The number of allylic oxidation sites excluding steroid dienone is 1. The Kier molecular flexibility index (Phi) is 6.85. The van der Waals surface area contributed by atoms with Gasteiger partial charge in [-0.05, 0) is 31.4 Å². The summed E-state index contributed by atoms with van der Waals surface area (Å²) in [6.45, 7) is 4.19. The molecular weight excluding hydrogens is 290 g/mol. The molecule has 0 aliphatic heterocycles. The van der Waals surface area contributed by atoms with Crippen LogP contribution in [0.3, 0.4) is 0 Å². The van der Waals surface area contributed by atoms with Crippen LogP contribution in [0.5, 0.6) is 0 Å². The Hall–Kier alpha value is -2.10. The first kappa shape index (κ1) is 17.3. The molecule has 0 radical (unpaired) electrons. The van der Waals surface area contributed by atoms with Crippen molar-refractivity contribution < 1.29 is 4.52 Å². The van der Waals surface area contributed by atoms with Crippen LogP contribution in [0.25, 0.3) is 10.8 Å². The minimum atomic E-state index is -0.442. The van der Waals surface area contributed by atoms with E-state index in [4.69, 9.17) is 4.52 Å². The lowest BCUT2D eigenvalue weighted by atomic mass is 10.1. The van der Waals surface area contributed by atoms with E-state index in [0.717, 1.165) is 25.7 Å². The summed E-state index contributed by atoms with van der Waals surface area (Å²) >= 11 is 0. The van der Waals surface area contributed by atoms with Gasteiger partial charge in [0, 0.05) is 0 Å². The fourth-order valence-electron chi connectivity index (χ4n) is 2.75. The molecule has 1 aromatic carbocycles. The molecule has 4 nitrogen and oxygen atoms in total. The van der Waals surface area contributed by atoms with E-state index < -0.39 is 5.63 Å². The van der Waals surface area contributed by atoms with Crippen LogP contribution >= 0.6 is 0 Å². The number of hydrogen-bond acceptors (Lipinski definition) is 3. The molecule has 0 bridgehead atoms. The lowest BCUT2D eigenvalue weighted by Crippen LogP contribution is -2.25. The van der Waals surface area contributed by atoms with Crippen LogP contribution in [0.4, 0.5) is 0 Å². The Balaban J connectivity index is 1.79. The van der Waals surface area contributed by atoms with Gasteiger partial charge in [0.1, 0.15) is 0 Å². The Bertz CT molecular complexity index is 742. The van der Waals surface area contributed by atoms with E-state index in [0.29, 0.717) is 17.3 Å². The Morgan fingerprint density at radius 3 is 2.22 bits per heavy atom. The van der Waals surface area contributed by atoms with Gasteiger partial charge < -0.3 is 4.52 Å². The van der Waals surface area contributed by atoms with Crippen LogP contribution in [0.15, 0.2) is 51.0 Å². The smallest absolute Gasteiger partial charge is 0.332 e. The second-order valence-corrected chi connectivity index (χ2v) is 5.88. The molecule has 124 valence electrons. The zero-order chi connectivity index (χ0) is 16.5. The number of nitrogens with zero attached hydrogens (tertiary/aromatic N) is 1. The summed E-state index contributed by atoms with van der Waals surface area (Å²) in [6.07, 6.45) is 11.1. The van der Waals surface area contributed by atoms with Crippen LogP contribution in [0.1, 0.15) is 51.4 Å². The molecule has 4 heteroatoms. The molecular formula is C19H25NO3. The quantitative estimate of drug-likeness (QED) is 0.486. The molecule has 0 N–H and O–H groups in total. The summed E-state index contributed by atoms with van der Waals surface area (Å²) in [5, 5.41) is 0.791. The van der Waals surface area contributed by atoms with E-state index >= 15 is 0 Å². The van der Waals surface area contributed by atoms with Gasteiger partial charge in [-0.25, -0.2) is 4.79 Å². The van der Waals surface area contributed by atoms with E-state index in [-0.39, 0.29) is 5.56 Å². The van der Waals surface area contributed by atoms with Gasteiger partial charge in [-0.15, -0.1) is 6.58 Å². The molecule has 0 saturated heterocycles. The molecule has 1 heterocycles. The van der Waals surface area contributed by atoms with E-state index in [1.807, 2.05) is 6.08 Å².